The Morgan fingerprint density at radius 2 is 1.87 bits per heavy atom. The Balaban J connectivity index is 1.44. The van der Waals surface area contributed by atoms with Crippen molar-refractivity contribution in [2.75, 3.05) is 24.6 Å². The van der Waals surface area contributed by atoms with E-state index in [1.54, 1.807) is 19.2 Å². The zero-order valence-electron chi connectivity index (χ0n) is 21.5. The zero-order chi connectivity index (χ0) is 27.4. The second-order valence-electron chi connectivity index (χ2n) is 9.13. The Morgan fingerprint density at radius 3 is 2.47 bits per heavy atom. The highest BCUT2D eigenvalue weighted by atomic mass is 32.1. The normalized spacial score (nSPS) is 14.5. The average molecular weight is 547 g/mol. The molecule has 0 atom stereocenters. The van der Waals surface area contributed by atoms with Gasteiger partial charge in [-0.05, 0) is 44.7 Å². The molecule has 3 heterocycles. The van der Waals surface area contributed by atoms with Gasteiger partial charge in [-0.15, -0.1) is 11.3 Å². The van der Waals surface area contributed by atoms with Crippen molar-refractivity contribution < 1.29 is 27.5 Å². The van der Waals surface area contributed by atoms with Gasteiger partial charge in [-0.3, -0.25) is 9.59 Å². The summed E-state index contributed by atoms with van der Waals surface area (Å²) in [7, 11) is 0. The van der Waals surface area contributed by atoms with Crippen molar-refractivity contribution in [1.29, 1.82) is 0 Å². The van der Waals surface area contributed by atoms with Gasteiger partial charge in [0.25, 0.3) is 0 Å². The van der Waals surface area contributed by atoms with E-state index in [1.807, 2.05) is 11.8 Å². The number of ether oxygens (including phenoxy) is 1. The lowest BCUT2D eigenvalue weighted by molar-refractivity contribution is -0.148. The molecule has 0 amide bonds. The molecule has 0 aliphatic carbocycles. The minimum Gasteiger partial charge on any atom is -0.466 e. The molecule has 1 aromatic carbocycles. The average Bonchev–Trinajstić information content (AvgIpc) is 3.31. The van der Waals surface area contributed by atoms with Gasteiger partial charge in [0.15, 0.2) is 5.78 Å². The summed E-state index contributed by atoms with van der Waals surface area (Å²) in [6.07, 6.45) is 0.417. The Kier molecular flexibility index (Phi) is 8.44. The van der Waals surface area contributed by atoms with Crippen molar-refractivity contribution in [2.45, 2.75) is 52.6 Å². The minimum atomic E-state index is -4.46. The molecule has 1 aliphatic heterocycles. The van der Waals surface area contributed by atoms with Crippen LogP contribution in [0.4, 0.5) is 19.0 Å². The molecule has 1 aliphatic rings. The van der Waals surface area contributed by atoms with E-state index in [2.05, 4.69) is 15.0 Å². The van der Waals surface area contributed by atoms with E-state index in [-0.39, 0.29) is 35.3 Å². The Hall–Kier alpha value is -3.34. The van der Waals surface area contributed by atoms with Gasteiger partial charge >= 0.3 is 12.1 Å². The van der Waals surface area contributed by atoms with E-state index in [1.165, 1.54) is 30.5 Å². The molecule has 7 nitrogen and oxygen atoms in total. The summed E-state index contributed by atoms with van der Waals surface area (Å²) in [4.78, 5) is 40.9. The summed E-state index contributed by atoms with van der Waals surface area (Å²) < 4.78 is 45.4. The molecule has 0 bridgehead atoms. The minimum absolute atomic E-state index is 0.0192. The van der Waals surface area contributed by atoms with Crippen LogP contribution in [0.25, 0.3) is 11.3 Å². The number of esters is 1. The third-order valence-corrected chi connectivity index (χ3v) is 7.75. The summed E-state index contributed by atoms with van der Waals surface area (Å²) in [5.41, 5.74) is 0.502. The fraction of sp³-hybridized carbons (Fsp3) is 0.444. The summed E-state index contributed by atoms with van der Waals surface area (Å²) in [5.74, 6) is 0.0801. The lowest BCUT2D eigenvalue weighted by Gasteiger charge is -2.31. The number of nitrogens with zero attached hydrogens (tertiary/aromatic N) is 4. The van der Waals surface area contributed by atoms with Gasteiger partial charge in [-0.2, -0.15) is 13.2 Å². The number of hydrogen-bond acceptors (Lipinski definition) is 8. The molecule has 2 aromatic heterocycles. The smallest absolute Gasteiger partial charge is 0.416 e. The Morgan fingerprint density at radius 1 is 1.13 bits per heavy atom. The number of anilines is 1. The van der Waals surface area contributed by atoms with Crippen LogP contribution in [-0.2, 0) is 28.5 Å². The maximum absolute atomic E-state index is 13.4. The van der Waals surface area contributed by atoms with Crippen molar-refractivity contribution in [3.8, 4) is 11.3 Å². The standard InChI is InChI=1S/C27H29F3N4O3S/c1-4-22-25(18-7-6-16(3)19(12-18)27(28,29)30)33-24(38-22)13-21(35)20-14-32-23(15-31-20)34-10-8-17(9-11-34)26(36)37-5-2/h6-7,12,14-15,17H,4-5,8-11,13H2,1-3H3. The quantitative estimate of drug-likeness (QED) is 0.265. The fourth-order valence-corrected chi connectivity index (χ4v) is 5.51. The van der Waals surface area contributed by atoms with E-state index >= 15 is 0 Å². The number of piperidine rings is 1. The largest absolute Gasteiger partial charge is 0.466 e. The summed E-state index contributed by atoms with van der Waals surface area (Å²) in [5, 5.41) is 0.517. The number of aromatic nitrogens is 3. The van der Waals surface area contributed by atoms with Crippen LogP contribution in [0.2, 0.25) is 0 Å². The number of rotatable bonds is 8. The van der Waals surface area contributed by atoms with Crippen molar-refractivity contribution in [2.24, 2.45) is 5.92 Å². The van der Waals surface area contributed by atoms with Gasteiger partial charge in [0.1, 0.15) is 16.5 Å². The molecule has 1 saturated heterocycles. The van der Waals surface area contributed by atoms with E-state index < -0.39 is 11.7 Å². The molecule has 0 saturated carbocycles. The molecule has 0 unspecified atom stereocenters. The van der Waals surface area contributed by atoms with Gasteiger partial charge in [-0.1, -0.05) is 19.1 Å². The molecule has 38 heavy (non-hydrogen) atoms. The van der Waals surface area contributed by atoms with Gasteiger partial charge in [-0.25, -0.2) is 15.0 Å². The molecule has 11 heteroatoms. The fourth-order valence-electron chi connectivity index (χ4n) is 4.48. The number of ketones is 1. The van der Waals surface area contributed by atoms with Crippen molar-refractivity contribution >= 4 is 28.9 Å². The van der Waals surface area contributed by atoms with Gasteiger partial charge in [0.2, 0.25) is 0 Å². The first-order valence-electron chi connectivity index (χ1n) is 12.5. The zero-order valence-corrected chi connectivity index (χ0v) is 22.3. The van der Waals surface area contributed by atoms with E-state index in [9.17, 15) is 22.8 Å². The SMILES string of the molecule is CCOC(=O)C1CCN(c2cnc(C(=O)Cc3nc(-c4ccc(C)c(C(F)(F)F)c4)c(CC)s3)cn2)CC1. The van der Waals surface area contributed by atoms with Crippen molar-refractivity contribution in [3.63, 3.8) is 0 Å². The van der Waals surface area contributed by atoms with E-state index in [4.69, 9.17) is 4.74 Å². The number of halogens is 3. The number of benzene rings is 1. The predicted octanol–water partition coefficient (Wildman–Crippen LogP) is 5.69. The number of carbonyl (C=O) groups is 2. The summed E-state index contributed by atoms with van der Waals surface area (Å²) in [6, 6.07) is 4.19. The molecule has 202 valence electrons. The first kappa shape index (κ1) is 27.7. The highest BCUT2D eigenvalue weighted by Gasteiger charge is 2.33. The van der Waals surface area contributed by atoms with Gasteiger partial charge < -0.3 is 9.64 Å². The number of alkyl halides is 3. The lowest BCUT2D eigenvalue weighted by atomic mass is 9.97. The topological polar surface area (TPSA) is 85.3 Å². The highest BCUT2D eigenvalue weighted by molar-refractivity contribution is 7.12. The van der Waals surface area contributed by atoms with Crippen LogP contribution in [-0.4, -0.2) is 46.4 Å². The number of thiazole rings is 1. The Labute approximate surface area is 223 Å². The maximum atomic E-state index is 13.4. The van der Waals surface area contributed by atoms with Gasteiger partial charge in [0, 0.05) is 23.5 Å². The van der Waals surface area contributed by atoms with Crippen LogP contribution in [0.1, 0.15) is 58.2 Å². The lowest BCUT2D eigenvalue weighted by Crippen LogP contribution is -2.37. The number of carbonyl (C=O) groups excluding carboxylic acids is 2. The van der Waals surface area contributed by atoms with Crippen LogP contribution >= 0.6 is 11.3 Å². The monoisotopic (exact) mass is 546 g/mol. The third-order valence-electron chi connectivity index (χ3n) is 6.55. The van der Waals surface area contributed by atoms with Crippen LogP contribution in [0.15, 0.2) is 30.6 Å². The van der Waals surface area contributed by atoms with Crippen LogP contribution in [0.5, 0.6) is 0 Å². The molecule has 0 radical (unpaired) electrons. The summed E-state index contributed by atoms with van der Waals surface area (Å²) in [6.45, 7) is 6.77. The molecule has 3 aromatic rings. The van der Waals surface area contributed by atoms with Crippen LogP contribution < -0.4 is 4.90 Å². The van der Waals surface area contributed by atoms with Crippen molar-refractivity contribution in [3.05, 3.63) is 57.3 Å². The summed E-state index contributed by atoms with van der Waals surface area (Å²) >= 11 is 1.32. The molecular formula is C27H29F3N4O3S. The maximum Gasteiger partial charge on any atom is 0.416 e. The van der Waals surface area contributed by atoms with E-state index in [0.29, 0.717) is 61.0 Å². The first-order chi connectivity index (χ1) is 18.1. The van der Waals surface area contributed by atoms with Crippen LogP contribution in [0.3, 0.4) is 0 Å². The number of hydrogen-bond donors (Lipinski definition) is 0. The Bertz CT molecular complexity index is 1300. The highest BCUT2D eigenvalue weighted by Crippen LogP contribution is 2.36. The predicted molar refractivity (Wildman–Crippen MR) is 138 cm³/mol. The van der Waals surface area contributed by atoms with Gasteiger partial charge in [0.05, 0.1) is 42.6 Å². The molecular weight excluding hydrogens is 517 g/mol. The van der Waals surface area contributed by atoms with E-state index in [0.717, 1.165) is 10.9 Å². The number of aryl methyl sites for hydroxylation is 2. The molecule has 0 N–H and O–H groups in total. The second-order valence-corrected chi connectivity index (χ2v) is 10.3. The number of Topliss-reactive ketones (excluding diaryl/α,β-unsaturated/α-hetero) is 1. The molecule has 4 rings (SSSR count). The van der Waals surface area contributed by atoms with Crippen LogP contribution in [0, 0.1) is 12.8 Å². The molecule has 1 fully saturated rings. The molecule has 0 spiro atoms. The van der Waals surface area contributed by atoms with Crippen molar-refractivity contribution in [1.82, 2.24) is 15.0 Å². The second kappa shape index (κ2) is 11.6. The first-order valence-corrected chi connectivity index (χ1v) is 13.4. The third kappa shape index (κ3) is 6.20.